The van der Waals surface area contributed by atoms with Gasteiger partial charge in [-0.05, 0) is 36.2 Å². The normalized spacial score (nSPS) is 15.1. The molecule has 0 aromatic heterocycles. The fourth-order valence-electron chi connectivity index (χ4n) is 3.48. The van der Waals surface area contributed by atoms with E-state index in [-0.39, 0.29) is 6.42 Å². The summed E-state index contributed by atoms with van der Waals surface area (Å²) in [7, 11) is -4.30. The summed E-state index contributed by atoms with van der Waals surface area (Å²) in [5, 5.41) is 2.71. The van der Waals surface area contributed by atoms with Gasteiger partial charge in [0.2, 0.25) is 21.7 Å². The monoisotopic (exact) mass is 470 g/mol. The maximum Gasteiger partial charge on any atom is 0.246 e. The van der Waals surface area contributed by atoms with Crippen LogP contribution in [0.5, 0.6) is 11.5 Å². The molecule has 0 saturated carbocycles. The Morgan fingerprint density at radius 1 is 0.970 bits per heavy atom. The van der Waals surface area contributed by atoms with Gasteiger partial charge in [-0.1, -0.05) is 42.5 Å². The standard InChI is InChI=1S/C24H23FN2O5S/c1-24(2)31-20-13-12-17(15-21(20)32-24)26-23(28)19(14-16-8-4-3-5-9-16)27-33(29,30)22-11-7-6-10-18(22)25/h3-13,15,19,27H,14H2,1-2H3,(H,26,28). The summed E-state index contributed by atoms with van der Waals surface area (Å²) in [5.41, 5.74) is 1.14. The Morgan fingerprint density at radius 2 is 1.64 bits per heavy atom. The molecule has 33 heavy (non-hydrogen) atoms. The molecule has 1 heterocycles. The van der Waals surface area contributed by atoms with Crippen LogP contribution in [0.1, 0.15) is 19.4 Å². The molecular weight excluding hydrogens is 447 g/mol. The fourth-order valence-corrected chi connectivity index (χ4v) is 4.76. The second-order valence-electron chi connectivity index (χ2n) is 8.05. The number of carbonyl (C=O) groups excluding carboxylic acids is 1. The number of benzene rings is 3. The van der Waals surface area contributed by atoms with Crippen LogP contribution in [0.2, 0.25) is 0 Å². The van der Waals surface area contributed by atoms with Gasteiger partial charge in [0, 0.05) is 25.6 Å². The number of hydrogen-bond acceptors (Lipinski definition) is 5. The van der Waals surface area contributed by atoms with Gasteiger partial charge in [0.05, 0.1) is 0 Å². The van der Waals surface area contributed by atoms with Gasteiger partial charge in [-0.2, -0.15) is 4.72 Å². The zero-order chi connectivity index (χ0) is 23.6. The number of amides is 1. The first kappa shape index (κ1) is 22.8. The van der Waals surface area contributed by atoms with E-state index in [4.69, 9.17) is 9.47 Å². The van der Waals surface area contributed by atoms with Crippen LogP contribution in [-0.4, -0.2) is 26.2 Å². The number of ether oxygens (including phenoxy) is 2. The molecule has 1 unspecified atom stereocenters. The number of carbonyl (C=O) groups is 1. The molecule has 3 aromatic rings. The van der Waals surface area contributed by atoms with Crippen molar-refractivity contribution in [2.75, 3.05) is 5.32 Å². The van der Waals surface area contributed by atoms with Crippen LogP contribution in [0.15, 0.2) is 77.7 Å². The summed E-state index contributed by atoms with van der Waals surface area (Å²) in [4.78, 5) is 12.6. The molecule has 7 nitrogen and oxygen atoms in total. The number of nitrogens with one attached hydrogen (secondary N) is 2. The molecule has 0 aliphatic carbocycles. The number of fused-ring (bicyclic) bond motifs is 1. The minimum Gasteiger partial charge on any atom is -0.449 e. The second kappa shape index (κ2) is 8.84. The summed E-state index contributed by atoms with van der Waals surface area (Å²) in [6, 6.07) is 17.7. The van der Waals surface area contributed by atoms with Gasteiger partial charge in [0.1, 0.15) is 16.8 Å². The Hall–Kier alpha value is -3.43. The number of sulfonamides is 1. The first-order chi connectivity index (χ1) is 15.6. The molecule has 0 fully saturated rings. The molecule has 4 rings (SSSR count). The van der Waals surface area contributed by atoms with Crippen LogP contribution in [0.4, 0.5) is 10.1 Å². The molecule has 0 saturated heterocycles. The van der Waals surface area contributed by atoms with Crippen molar-refractivity contribution in [2.24, 2.45) is 0 Å². The highest BCUT2D eigenvalue weighted by atomic mass is 32.2. The lowest BCUT2D eigenvalue weighted by atomic mass is 10.1. The topological polar surface area (TPSA) is 93.7 Å². The Bertz CT molecular complexity index is 1280. The van der Waals surface area contributed by atoms with Gasteiger partial charge < -0.3 is 14.8 Å². The third kappa shape index (κ3) is 5.32. The van der Waals surface area contributed by atoms with E-state index >= 15 is 0 Å². The van der Waals surface area contributed by atoms with Gasteiger partial charge in [-0.3, -0.25) is 4.79 Å². The van der Waals surface area contributed by atoms with Crippen LogP contribution in [0.3, 0.4) is 0 Å². The average Bonchev–Trinajstić information content (AvgIpc) is 3.07. The van der Waals surface area contributed by atoms with E-state index in [1.807, 2.05) is 6.07 Å². The lowest BCUT2D eigenvalue weighted by Crippen LogP contribution is -2.45. The zero-order valence-electron chi connectivity index (χ0n) is 18.0. The molecule has 0 spiro atoms. The molecule has 0 radical (unpaired) electrons. The van der Waals surface area contributed by atoms with Gasteiger partial charge in [-0.25, -0.2) is 12.8 Å². The van der Waals surface area contributed by atoms with E-state index in [0.29, 0.717) is 17.2 Å². The number of rotatable bonds is 7. The number of anilines is 1. The van der Waals surface area contributed by atoms with Crippen LogP contribution >= 0.6 is 0 Å². The maximum atomic E-state index is 14.2. The predicted octanol–water partition coefficient (Wildman–Crippen LogP) is 3.86. The summed E-state index contributed by atoms with van der Waals surface area (Å²) < 4.78 is 53.6. The van der Waals surface area contributed by atoms with Crippen LogP contribution < -0.4 is 19.5 Å². The molecule has 3 aromatic carbocycles. The van der Waals surface area contributed by atoms with Crippen LogP contribution in [-0.2, 0) is 21.2 Å². The summed E-state index contributed by atoms with van der Waals surface area (Å²) in [6.45, 7) is 3.53. The third-order valence-electron chi connectivity index (χ3n) is 4.95. The van der Waals surface area contributed by atoms with Crippen LogP contribution in [0, 0.1) is 5.82 Å². The van der Waals surface area contributed by atoms with Crippen LogP contribution in [0.25, 0.3) is 0 Å². The lowest BCUT2D eigenvalue weighted by molar-refractivity contribution is -0.117. The second-order valence-corrected chi connectivity index (χ2v) is 9.73. The SMILES string of the molecule is CC1(C)Oc2ccc(NC(=O)C(Cc3ccccc3)NS(=O)(=O)c3ccccc3F)cc2O1. The van der Waals surface area contributed by atoms with E-state index in [2.05, 4.69) is 10.0 Å². The number of halogens is 1. The largest absolute Gasteiger partial charge is 0.449 e. The average molecular weight is 471 g/mol. The predicted molar refractivity (Wildman–Crippen MR) is 121 cm³/mol. The minimum absolute atomic E-state index is 0.0674. The Morgan fingerprint density at radius 3 is 2.36 bits per heavy atom. The highest BCUT2D eigenvalue weighted by molar-refractivity contribution is 7.89. The molecule has 0 bridgehead atoms. The van der Waals surface area contributed by atoms with E-state index in [9.17, 15) is 17.6 Å². The zero-order valence-corrected chi connectivity index (χ0v) is 18.9. The summed E-state index contributed by atoms with van der Waals surface area (Å²) in [6.07, 6.45) is 0.0674. The van der Waals surface area contributed by atoms with E-state index in [1.54, 1.807) is 56.3 Å². The van der Waals surface area contributed by atoms with E-state index < -0.39 is 38.5 Å². The molecule has 1 atom stereocenters. The van der Waals surface area contributed by atoms with E-state index in [0.717, 1.165) is 17.7 Å². The molecule has 1 amide bonds. The third-order valence-corrected chi connectivity index (χ3v) is 6.45. The molecule has 1 aliphatic rings. The van der Waals surface area contributed by atoms with Crippen molar-refractivity contribution in [3.63, 3.8) is 0 Å². The molecule has 1 aliphatic heterocycles. The van der Waals surface area contributed by atoms with Gasteiger partial charge in [0.15, 0.2) is 11.5 Å². The highest BCUT2D eigenvalue weighted by Gasteiger charge is 2.32. The van der Waals surface area contributed by atoms with Gasteiger partial charge in [0.25, 0.3) is 0 Å². The smallest absolute Gasteiger partial charge is 0.246 e. The van der Waals surface area contributed by atoms with Crippen molar-refractivity contribution in [3.05, 3.63) is 84.2 Å². The lowest BCUT2D eigenvalue weighted by Gasteiger charge is -2.19. The first-order valence-electron chi connectivity index (χ1n) is 10.3. The molecule has 172 valence electrons. The minimum atomic E-state index is -4.30. The highest BCUT2D eigenvalue weighted by Crippen LogP contribution is 2.40. The summed E-state index contributed by atoms with van der Waals surface area (Å²) in [5.74, 6) is -1.32. The summed E-state index contributed by atoms with van der Waals surface area (Å²) >= 11 is 0. The quantitative estimate of drug-likeness (QED) is 0.547. The molecular formula is C24H23FN2O5S. The maximum absolute atomic E-state index is 14.2. The molecule has 2 N–H and O–H groups in total. The van der Waals surface area contributed by atoms with Crippen molar-refractivity contribution in [1.29, 1.82) is 0 Å². The van der Waals surface area contributed by atoms with Crippen molar-refractivity contribution in [2.45, 2.75) is 37.0 Å². The van der Waals surface area contributed by atoms with Gasteiger partial charge in [-0.15, -0.1) is 0 Å². The fraction of sp³-hybridized carbons (Fsp3) is 0.208. The Kier molecular flexibility index (Phi) is 6.09. The Labute approximate surface area is 191 Å². The van der Waals surface area contributed by atoms with Gasteiger partial charge >= 0.3 is 0 Å². The van der Waals surface area contributed by atoms with Crippen molar-refractivity contribution in [3.8, 4) is 11.5 Å². The first-order valence-corrected chi connectivity index (χ1v) is 11.7. The Balaban J connectivity index is 1.58. The molecule has 9 heteroatoms. The van der Waals surface area contributed by atoms with Crippen molar-refractivity contribution < 1.29 is 27.1 Å². The van der Waals surface area contributed by atoms with Crippen molar-refractivity contribution in [1.82, 2.24) is 4.72 Å². The van der Waals surface area contributed by atoms with E-state index in [1.165, 1.54) is 12.1 Å². The van der Waals surface area contributed by atoms with Crippen molar-refractivity contribution >= 4 is 21.6 Å². The number of hydrogen-bond donors (Lipinski definition) is 2.